The van der Waals surface area contributed by atoms with Gasteiger partial charge < -0.3 is 14.8 Å². The molecule has 1 aliphatic rings. The van der Waals surface area contributed by atoms with Gasteiger partial charge in [-0.1, -0.05) is 12.1 Å². The summed E-state index contributed by atoms with van der Waals surface area (Å²) in [6, 6.07) is 7.45. The molecule has 0 aliphatic carbocycles. The third-order valence-electron chi connectivity index (χ3n) is 4.55. The van der Waals surface area contributed by atoms with Gasteiger partial charge in [0.05, 0.1) is 6.04 Å². The summed E-state index contributed by atoms with van der Waals surface area (Å²) in [6.07, 6.45) is -0.179. The van der Waals surface area contributed by atoms with E-state index in [1.54, 1.807) is 39.0 Å². The Morgan fingerprint density at radius 1 is 1.30 bits per heavy atom. The lowest BCUT2D eigenvalue weighted by Gasteiger charge is -2.36. The Labute approximate surface area is 175 Å². The first-order chi connectivity index (χ1) is 14.1. The summed E-state index contributed by atoms with van der Waals surface area (Å²) in [5.74, 6) is -0.520. The molecule has 0 bridgehead atoms. The van der Waals surface area contributed by atoms with Crippen molar-refractivity contribution in [2.75, 3.05) is 18.6 Å². The van der Waals surface area contributed by atoms with Crippen LogP contribution in [0.15, 0.2) is 30.3 Å². The molecule has 0 spiro atoms. The molecular formula is C22H26FN3O4. The smallest absolute Gasteiger partial charge is 0.415 e. The highest BCUT2D eigenvalue weighted by molar-refractivity contribution is 5.96. The number of ether oxygens (including phenoxy) is 2. The van der Waals surface area contributed by atoms with E-state index in [4.69, 9.17) is 9.47 Å². The topological polar surface area (TPSA) is 80.8 Å². The van der Waals surface area contributed by atoms with Crippen molar-refractivity contribution in [2.45, 2.75) is 45.8 Å². The number of amides is 2. The molecule has 0 saturated heterocycles. The minimum atomic E-state index is -0.665. The maximum atomic E-state index is 13.3. The predicted octanol–water partition coefficient (Wildman–Crippen LogP) is 3.69. The number of hydrogen-bond donors (Lipinski definition) is 1. The number of benzene rings is 1. The minimum Gasteiger partial charge on any atom is -0.474 e. The number of nitrogens with zero attached hydrogens (tertiary/aromatic N) is 2. The van der Waals surface area contributed by atoms with Gasteiger partial charge in [0.25, 0.3) is 5.91 Å². The lowest BCUT2D eigenvalue weighted by atomic mass is 10.0. The van der Waals surface area contributed by atoms with Crippen LogP contribution < -0.4 is 15.0 Å². The molecule has 1 atom stereocenters. The van der Waals surface area contributed by atoms with E-state index in [9.17, 15) is 14.0 Å². The van der Waals surface area contributed by atoms with E-state index in [2.05, 4.69) is 10.3 Å². The van der Waals surface area contributed by atoms with Gasteiger partial charge in [-0.2, -0.15) is 0 Å². The zero-order chi connectivity index (χ0) is 22.1. The highest BCUT2D eigenvalue weighted by Gasteiger charge is 2.35. The third-order valence-corrected chi connectivity index (χ3v) is 4.55. The molecule has 8 heteroatoms. The molecule has 2 heterocycles. The van der Waals surface area contributed by atoms with Gasteiger partial charge in [0.15, 0.2) is 0 Å². The van der Waals surface area contributed by atoms with Crippen LogP contribution in [0.4, 0.5) is 14.9 Å². The van der Waals surface area contributed by atoms with Gasteiger partial charge in [0, 0.05) is 7.05 Å². The van der Waals surface area contributed by atoms with Gasteiger partial charge in [0.1, 0.15) is 29.4 Å². The van der Waals surface area contributed by atoms with Crippen molar-refractivity contribution in [3.63, 3.8) is 0 Å². The molecule has 2 amide bonds. The van der Waals surface area contributed by atoms with Crippen LogP contribution in [0, 0.1) is 5.82 Å². The second kappa shape index (κ2) is 8.30. The standard InChI is InChI=1S/C22H26FN3O4/c1-13-12-29-20-17(26(13)21(28)30-22(2,3)4)11-15(18(25-20)19(27)24-5)10-14-6-8-16(23)9-7-14/h6-9,11,13H,10,12H2,1-5H3,(H,24,27)/t13-/m0/s1. The van der Waals surface area contributed by atoms with E-state index >= 15 is 0 Å². The monoisotopic (exact) mass is 415 g/mol. The molecule has 7 nitrogen and oxygen atoms in total. The third kappa shape index (κ3) is 4.69. The molecule has 0 fully saturated rings. The normalized spacial score (nSPS) is 15.8. The zero-order valence-corrected chi connectivity index (χ0v) is 17.8. The van der Waals surface area contributed by atoms with Crippen LogP contribution in [0.2, 0.25) is 0 Å². The van der Waals surface area contributed by atoms with Gasteiger partial charge in [-0.05, 0) is 63.4 Å². The van der Waals surface area contributed by atoms with Crippen molar-refractivity contribution in [3.8, 4) is 5.88 Å². The second-order valence-corrected chi connectivity index (χ2v) is 8.21. The summed E-state index contributed by atoms with van der Waals surface area (Å²) in [6.45, 7) is 7.46. The predicted molar refractivity (Wildman–Crippen MR) is 111 cm³/mol. The summed E-state index contributed by atoms with van der Waals surface area (Å²) in [5.41, 5.74) is 1.36. The second-order valence-electron chi connectivity index (χ2n) is 8.21. The van der Waals surface area contributed by atoms with Crippen LogP contribution in [-0.4, -0.2) is 42.3 Å². The zero-order valence-electron chi connectivity index (χ0n) is 17.8. The molecule has 1 aliphatic heterocycles. The molecule has 30 heavy (non-hydrogen) atoms. The van der Waals surface area contributed by atoms with E-state index in [0.717, 1.165) is 5.56 Å². The van der Waals surface area contributed by atoms with E-state index in [0.29, 0.717) is 17.7 Å². The van der Waals surface area contributed by atoms with Crippen LogP contribution in [0.25, 0.3) is 0 Å². The van der Waals surface area contributed by atoms with Gasteiger partial charge in [0.2, 0.25) is 5.88 Å². The van der Waals surface area contributed by atoms with Gasteiger partial charge in [-0.15, -0.1) is 0 Å². The lowest BCUT2D eigenvalue weighted by molar-refractivity contribution is 0.0546. The fraction of sp³-hybridized carbons (Fsp3) is 0.409. The summed E-state index contributed by atoms with van der Waals surface area (Å²) in [5, 5.41) is 2.57. The van der Waals surface area contributed by atoms with Crippen molar-refractivity contribution in [1.29, 1.82) is 0 Å². The average Bonchev–Trinajstić information content (AvgIpc) is 2.67. The number of rotatable bonds is 3. The van der Waals surface area contributed by atoms with Gasteiger partial charge in [-0.3, -0.25) is 9.69 Å². The fourth-order valence-corrected chi connectivity index (χ4v) is 3.18. The first-order valence-electron chi connectivity index (χ1n) is 9.74. The maximum Gasteiger partial charge on any atom is 0.415 e. The lowest BCUT2D eigenvalue weighted by Crippen LogP contribution is -2.47. The number of carbonyl (C=O) groups is 2. The molecule has 1 aromatic carbocycles. The van der Waals surface area contributed by atoms with E-state index < -0.39 is 11.7 Å². The maximum absolute atomic E-state index is 13.3. The molecule has 0 radical (unpaired) electrons. The SMILES string of the molecule is CNC(=O)c1nc2c(cc1Cc1ccc(F)cc1)N(C(=O)OC(C)(C)C)[C@@H](C)CO2. The summed E-state index contributed by atoms with van der Waals surface area (Å²) in [4.78, 5) is 31.2. The number of nitrogens with one attached hydrogen (secondary N) is 1. The van der Waals surface area contributed by atoms with Crippen LogP contribution in [-0.2, 0) is 11.2 Å². The number of anilines is 1. The Morgan fingerprint density at radius 2 is 1.97 bits per heavy atom. The quantitative estimate of drug-likeness (QED) is 0.827. The number of aromatic nitrogens is 1. The summed E-state index contributed by atoms with van der Waals surface area (Å²) < 4.78 is 24.5. The Balaban J connectivity index is 2.07. The van der Waals surface area contributed by atoms with Crippen LogP contribution in [0.1, 0.15) is 49.3 Å². The van der Waals surface area contributed by atoms with Gasteiger partial charge >= 0.3 is 6.09 Å². The fourth-order valence-electron chi connectivity index (χ4n) is 3.18. The Morgan fingerprint density at radius 3 is 2.57 bits per heavy atom. The number of pyridine rings is 1. The number of fused-ring (bicyclic) bond motifs is 1. The Kier molecular flexibility index (Phi) is 5.96. The molecule has 2 aromatic rings. The van der Waals surface area contributed by atoms with Crippen molar-refractivity contribution < 1.29 is 23.5 Å². The van der Waals surface area contributed by atoms with E-state index in [1.165, 1.54) is 24.1 Å². The Hall–Kier alpha value is -3.16. The van der Waals surface area contributed by atoms with E-state index in [1.807, 2.05) is 6.92 Å². The summed E-state index contributed by atoms with van der Waals surface area (Å²) >= 11 is 0. The molecule has 3 rings (SSSR count). The average molecular weight is 415 g/mol. The molecule has 160 valence electrons. The van der Waals surface area contributed by atoms with Crippen molar-refractivity contribution in [3.05, 3.63) is 53.0 Å². The highest BCUT2D eigenvalue weighted by atomic mass is 19.1. The first kappa shape index (κ1) is 21.5. The highest BCUT2D eigenvalue weighted by Crippen LogP contribution is 2.36. The summed E-state index contributed by atoms with van der Waals surface area (Å²) in [7, 11) is 1.51. The molecule has 1 N–H and O–H groups in total. The number of hydrogen-bond acceptors (Lipinski definition) is 5. The van der Waals surface area contributed by atoms with Crippen LogP contribution in [0.5, 0.6) is 5.88 Å². The van der Waals surface area contributed by atoms with Crippen molar-refractivity contribution in [1.82, 2.24) is 10.3 Å². The van der Waals surface area contributed by atoms with Crippen LogP contribution in [0.3, 0.4) is 0 Å². The van der Waals surface area contributed by atoms with Crippen molar-refractivity contribution >= 4 is 17.7 Å². The van der Waals surface area contributed by atoms with E-state index in [-0.39, 0.29) is 35.9 Å². The van der Waals surface area contributed by atoms with Gasteiger partial charge in [-0.25, -0.2) is 14.2 Å². The van der Waals surface area contributed by atoms with Crippen LogP contribution >= 0.6 is 0 Å². The Bertz CT molecular complexity index is 954. The molecule has 0 unspecified atom stereocenters. The van der Waals surface area contributed by atoms with Crippen molar-refractivity contribution in [2.24, 2.45) is 0 Å². The molecule has 0 saturated carbocycles. The number of carbonyl (C=O) groups excluding carboxylic acids is 2. The molecule has 1 aromatic heterocycles. The largest absolute Gasteiger partial charge is 0.474 e. The minimum absolute atomic E-state index is 0.194. The first-order valence-corrected chi connectivity index (χ1v) is 9.74. The molecular weight excluding hydrogens is 389 g/mol. The number of halogens is 1.